The molecule has 0 aromatic heterocycles. The van der Waals surface area contributed by atoms with Crippen molar-refractivity contribution < 1.29 is 80.2 Å². The first-order valence-electron chi connectivity index (χ1n) is 32.7. The van der Waals surface area contributed by atoms with Gasteiger partial charge in [0, 0.05) is 25.7 Å². The van der Waals surface area contributed by atoms with Gasteiger partial charge in [0.05, 0.1) is 26.4 Å². The van der Waals surface area contributed by atoms with E-state index >= 15 is 0 Å². The summed E-state index contributed by atoms with van der Waals surface area (Å²) in [5, 5.41) is 10.5. The van der Waals surface area contributed by atoms with Gasteiger partial charge in [0.15, 0.2) is 12.2 Å². The van der Waals surface area contributed by atoms with Gasteiger partial charge in [-0.2, -0.15) is 0 Å². The number of hydrogen-bond donors (Lipinski definition) is 3. The van der Waals surface area contributed by atoms with Crippen molar-refractivity contribution in [3.8, 4) is 0 Å². The molecule has 82 heavy (non-hydrogen) atoms. The largest absolute Gasteiger partial charge is 0.472 e. The molecule has 0 spiro atoms. The second-order valence-electron chi connectivity index (χ2n) is 24.5. The van der Waals surface area contributed by atoms with Crippen LogP contribution < -0.4 is 0 Å². The molecule has 3 N–H and O–H groups in total. The maximum absolute atomic E-state index is 13.0. The molecule has 0 saturated heterocycles. The molecule has 0 aliphatic rings. The number of aliphatic hydroxyl groups is 1. The van der Waals surface area contributed by atoms with Gasteiger partial charge in [-0.25, -0.2) is 9.13 Å². The molecular weight excluding hydrogens is 1090 g/mol. The number of unbranched alkanes of at least 4 members (excludes halogenated alkanes) is 25. The molecule has 0 saturated carbocycles. The van der Waals surface area contributed by atoms with E-state index in [2.05, 4.69) is 55.4 Å². The number of esters is 4. The Morgan fingerprint density at radius 1 is 0.341 bits per heavy atom. The molecule has 3 unspecified atom stereocenters. The molecule has 0 aromatic rings. The van der Waals surface area contributed by atoms with Crippen LogP contribution >= 0.6 is 15.6 Å². The van der Waals surface area contributed by atoms with E-state index in [4.69, 9.17) is 37.0 Å². The summed E-state index contributed by atoms with van der Waals surface area (Å²) in [6.45, 7) is 13.9. The van der Waals surface area contributed by atoms with Gasteiger partial charge in [-0.1, -0.05) is 248 Å². The Kier molecular flexibility index (Phi) is 52.0. The van der Waals surface area contributed by atoms with Crippen LogP contribution in [0.5, 0.6) is 0 Å². The third-order valence-corrected chi connectivity index (χ3v) is 16.6. The average Bonchev–Trinajstić information content (AvgIpc) is 3.44. The van der Waals surface area contributed by atoms with E-state index in [1.165, 1.54) is 89.9 Å². The van der Waals surface area contributed by atoms with Crippen molar-refractivity contribution in [1.29, 1.82) is 0 Å². The molecule has 6 atom stereocenters. The van der Waals surface area contributed by atoms with Crippen LogP contribution in [0.3, 0.4) is 0 Å². The highest BCUT2D eigenvalue weighted by atomic mass is 31.2. The van der Waals surface area contributed by atoms with Gasteiger partial charge in [0.25, 0.3) is 0 Å². The van der Waals surface area contributed by atoms with Crippen LogP contribution in [0.2, 0.25) is 0 Å². The van der Waals surface area contributed by atoms with E-state index in [1.54, 1.807) is 0 Å². The zero-order valence-corrected chi connectivity index (χ0v) is 54.9. The Balaban J connectivity index is 5.26. The first-order valence-corrected chi connectivity index (χ1v) is 35.7. The smallest absolute Gasteiger partial charge is 0.462 e. The maximum Gasteiger partial charge on any atom is 0.472 e. The number of carbonyl (C=O) groups excluding carboxylic acids is 4. The Hall–Kier alpha value is -1.94. The second kappa shape index (κ2) is 53.3. The molecule has 19 heteroatoms. The first kappa shape index (κ1) is 80.1. The predicted molar refractivity (Wildman–Crippen MR) is 326 cm³/mol. The molecule has 0 radical (unpaired) electrons. The van der Waals surface area contributed by atoms with E-state index in [9.17, 15) is 43.2 Å². The zero-order chi connectivity index (χ0) is 61.1. The standard InChI is InChI=1S/C63H122O17P2/c1-9-56(8)42-34-26-20-22-28-36-44-61(66)74-50-59(79-62(67)45-37-29-17-12-10-11-15-23-31-39-53(2)3)52-78-82(71,72)76-48-57(64)47-75-81(69,70)77-51-58(49-73-60(65)43-35-27-21-19-25-33-41-55(6)7)80-63(68)46-38-30-18-14-13-16-24-32-40-54(4)5/h53-59,64H,9-52H2,1-8H3,(H,69,70)(H,71,72)/t56?,57-,58+,59+/m0/s1. The molecule has 0 aliphatic heterocycles. The van der Waals surface area contributed by atoms with E-state index in [0.29, 0.717) is 31.6 Å². The van der Waals surface area contributed by atoms with E-state index < -0.39 is 97.5 Å². The van der Waals surface area contributed by atoms with E-state index in [-0.39, 0.29) is 25.7 Å². The fraction of sp³-hybridized carbons (Fsp3) is 0.937. The first-order chi connectivity index (χ1) is 39.1. The number of phosphoric ester groups is 2. The second-order valence-corrected chi connectivity index (χ2v) is 27.4. The van der Waals surface area contributed by atoms with Crippen LogP contribution in [0.4, 0.5) is 0 Å². The number of ether oxygens (including phenoxy) is 4. The van der Waals surface area contributed by atoms with Gasteiger partial charge >= 0.3 is 39.5 Å². The lowest BCUT2D eigenvalue weighted by Gasteiger charge is -2.21. The quantitative estimate of drug-likeness (QED) is 0.0222. The zero-order valence-electron chi connectivity index (χ0n) is 53.1. The Bertz CT molecular complexity index is 1650. The number of carbonyl (C=O) groups is 4. The Morgan fingerprint density at radius 3 is 0.866 bits per heavy atom. The van der Waals surface area contributed by atoms with Crippen molar-refractivity contribution in [1.82, 2.24) is 0 Å². The van der Waals surface area contributed by atoms with Crippen LogP contribution in [0, 0.1) is 23.7 Å². The number of rotatable bonds is 60. The van der Waals surface area contributed by atoms with Gasteiger partial charge in [-0.3, -0.25) is 37.3 Å². The number of phosphoric acid groups is 2. The van der Waals surface area contributed by atoms with Gasteiger partial charge in [0.1, 0.15) is 19.3 Å². The summed E-state index contributed by atoms with van der Waals surface area (Å²) < 4.78 is 67.9. The van der Waals surface area contributed by atoms with Crippen LogP contribution in [0.15, 0.2) is 0 Å². The predicted octanol–water partition coefficient (Wildman–Crippen LogP) is 17.0. The van der Waals surface area contributed by atoms with Crippen molar-refractivity contribution in [3.05, 3.63) is 0 Å². The van der Waals surface area contributed by atoms with Crippen LogP contribution in [-0.2, 0) is 65.4 Å². The summed E-state index contributed by atoms with van der Waals surface area (Å²) in [5.41, 5.74) is 0. The lowest BCUT2D eigenvalue weighted by atomic mass is 10.00. The average molecular weight is 1210 g/mol. The molecular formula is C63H122O17P2. The molecule has 0 rings (SSSR count). The highest BCUT2D eigenvalue weighted by molar-refractivity contribution is 7.47. The van der Waals surface area contributed by atoms with Crippen molar-refractivity contribution in [3.63, 3.8) is 0 Å². The minimum Gasteiger partial charge on any atom is -0.462 e. The van der Waals surface area contributed by atoms with Gasteiger partial charge < -0.3 is 33.8 Å². The Labute approximate surface area is 498 Å². The summed E-state index contributed by atoms with van der Waals surface area (Å²) in [7, 11) is -9.89. The van der Waals surface area contributed by atoms with Gasteiger partial charge in [-0.15, -0.1) is 0 Å². The molecule has 0 heterocycles. The third-order valence-electron chi connectivity index (χ3n) is 14.7. The van der Waals surface area contributed by atoms with E-state index in [0.717, 1.165) is 120 Å². The normalized spacial score (nSPS) is 14.8. The molecule has 17 nitrogen and oxygen atoms in total. The minimum atomic E-state index is -4.94. The maximum atomic E-state index is 13.0. The monoisotopic (exact) mass is 1210 g/mol. The number of hydrogen-bond acceptors (Lipinski definition) is 15. The van der Waals surface area contributed by atoms with Crippen molar-refractivity contribution in [2.45, 2.75) is 318 Å². The molecule has 0 amide bonds. The fourth-order valence-corrected chi connectivity index (χ4v) is 10.8. The van der Waals surface area contributed by atoms with Crippen molar-refractivity contribution >= 4 is 39.5 Å². The molecule has 0 fully saturated rings. The molecule has 0 aliphatic carbocycles. The summed E-state index contributed by atoms with van der Waals surface area (Å²) in [5.74, 6) is 0.721. The lowest BCUT2D eigenvalue weighted by molar-refractivity contribution is -0.161. The van der Waals surface area contributed by atoms with Crippen molar-refractivity contribution in [2.24, 2.45) is 23.7 Å². The summed E-state index contributed by atoms with van der Waals surface area (Å²) >= 11 is 0. The highest BCUT2D eigenvalue weighted by Gasteiger charge is 2.30. The molecule has 486 valence electrons. The minimum absolute atomic E-state index is 0.103. The van der Waals surface area contributed by atoms with Crippen LogP contribution in [0.1, 0.15) is 299 Å². The third kappa shape index (κ3) is 55.9. The summed E-state index contributed by atoms with van der Waals surface area (Å²) in [6, 6.07) is 0. The fourth-order valence-electron chi connectivity index (χ4n) is 9.22. The molecule has 0 bridgehead atoms. The highest BCUT2D eigenvalue weighted by Crippen LogP contribution is 2.45. The van der Waals surface area contributed by atoms with Crippen LogP contribution in [0.25, 0.3) is 0 Å². The van der Waals surface area contributed by atoms with E-state index in [1.807, 2.05) is 0 Å². The van der Waals surface area contributed by atoms with Gasteiger partial charge in [0.2, 0.25) is 0 Å². The molecule has 0 aromatic carbocycles. The summed E-state index contributed by atoms with van der Waals surface area (Å²) in [6.07, 6.45) is 32.3. The number of aliphatic hydroxyl groups excluding tert-OH is 1. The van der Waals surface area contributed by atoms with Gasteiger partial charge in [-0.05, 0) is 49.4 Å². The van der Waals surface area contributed by atoms with Crippen LogP contribution in [-0.4, -0.2) is 96.7 Å². The van der Waals surface area contributed by atoms with Crippen molar-refractivity contribution in [2.75, 3.05) is 39.6 Å². The topological polar surface area (TPSA) is 237 Å². The lowest BCUT2D eigenvalue weighted by Crippen LogP contribution is -2.30. The summed E-state index contributed by atoms with van der Waals surface area (Å²) in [4.78, 5) is 72.1. The SMILES string of the molecule is CCC(C)CCCCCCCCC(=O)OC[C@H](COP(=O)(O)OC[C@@H](O)COP(=O)(O)OC[C@@H](COC(=O)CCCCCCCCC(C)C)OC(=O)CCCCCCCCCCC(C)C)OC(=O)CCCCCCCCCCCC(C)C. The Morgan fingerprint density at radius 2 is 0.585 bits per heavy atom.